The predicted molar refractivity (Wildman–Crippen MR) is 74.7 cm³/mol. The number of esters is 1. The van der Waals surface area contributed by atoms with Crippen LogP contribution in [0.4, 0.5) is 0 Å². The third-order valence-electron chi connectivity index (χ3n) is 3.92. The summed E-state index contributed by atoms with van der Waals surface area (Å²) in [5, 5.41) is 11.5. The smallest absolute Gasteiger partial charge is 0.320 e. The average Bonchev–Trinajstić information content (AvgIpc) is 2.80. The van der Waals surface area contributed by atoms with Gasteiger partial charge in [0.1, 0.15) is 11.2 Å². The van der Waals surface area contributed by atoms with Gasteiger partial charge in [-0.2, -0.15) is 0 Å². The molecule has 0 radical (unpaired) electrons. The lowest BCUT2D eigenvalue weighted by Gasteiger charge is -2.29. The molecule has 21 heavy (non-hydrogen) atoms. The van der Waals surface area contributed by atoms with Gasteiger partial charge in [-0.3, -0.25) is 19.7 Å². The van der Waals surface area contributed by atoms with Crippen LogP contribution in [-0.2, 0) is 14.3 Å². The number of hydrogen-bond acceptors (Lipinski definition) is 5. The summed E-state index contributed by atoms with van der Waals surface area (Å²) in [4.78, 5) is 34.7. The number of rotatable bonds is 5. The molecule has 1 fully saturated rings. The van der Waals surface area contributed by atoms with E-state index in [9.17, 15) is 19.7 Å². The van der Waals surface area contributed by atoms with Crippen molar-refractivity contribution in [3.05, 3.63) is 45.0 Å². The molecule has 0 bridgehead atoms. The van der Waals surface area contributed by atoms with Crippen molar-refractivity contribution in [2.24, 2.45) is 5.41 Å². The van der Waals surface area contributed by atoms with Crippen molar-refractivity contribution < 1.29 is 19.2 Å². The summed E-state index contributed by atoms with van der Waals surface area (Å²) in [6, 6.07) is 6.37. The Morgan fingerprint density at radius 3 is 2.52 bits per heavy atom. The van der Waals surface area contributed by atoms with Crippen molar-refractivity contribution in [3.63, 3.8) is 0 Å². The van der Waals surface area contributed by atoms with Gasteiger partial charge in [0.25, 0.3) is 0 Å². The van der Waals surface area contributed by atoms with Crippen molar-refractivity contribution in [1.29, 1.82) is 0 Å². The van der Waals surface area contributed by atoms with E-state index in [1.807, 2.05) is 0 Å². The monoisotopic (exact) mass is 311 g/mol. The average molecular weight is 312 g/mol. The topological polar surface area (TPSA) is 86.5 Å². The number of nitro groups is 1. The Bertz CT molecular complexity index is 586. The molecule has 7 heteroatoms. The zero-order chi connectivity index (χ0) is 15.6. The summed E-state index contributed by atoms with van der Waals surface area (Å²) < 4.78 is 4.93. The number of benzene rings is 1. The number of ether oxygens (including phenoxy) is 1. The van der Waals surface area contributed by atoms with Crippen molar-refractivity contribution in [1.82, 2.24) is 0 Å². The molecule has 2 rings (SSSR count). The normalized spacial score (nSPS) is 22.7. The predicted octanol–water partition coefficient (Wildman–Crippen LogP) is 2.22. The van der Waals surface area contributed by atoms with Gasteiger partial charge in [0, 0.05) is 16.4 Å². The van der Waals surface area contributed by atoms with Gasteiger partial charge in [0.2, 0.25) is 6.54 Å². The van der Waals surface area contributed by atoms with Gasteiger partial charge in [0.15, 0.2) is 0 Å². The summed E-state index contributed by atoms with van der Waals surface area (Å²) in [6.07, 6.45) is 0.155. The van der Waals surface area contributed by atoms with Crippen LogP contribution in [0.1, 0.15) is 24.8 Å². The van der Waals surface area contributed by atoms with E-state index in [1.165, 1.54) is 6.92 Å². The van der Waals surface area contributed by atoms with E-state index >= 15 is 0 Å². The van der Waals surface area contributed by atoms with Crippen LogP contribution in [0.2, 0.25) is 5.02 Å². The maximum absolute atomic E-state index is 12.1. The standard InChI is InChI=1S/C14H14ClNO5/c1-9(17)14(6-7-21-13(14)18)12(8-16(19)20)10-2-4-11(15)5-3-10/h2-5,12H,6-8H2,1H3/t12-,14+/m1/s1. The van der Waals surface area contributed by atoms with E-state index < -0.39 is 34.6 Å². The molecule has 0 N–H and O–H groups in total. The number of Topliss-reactive ketones (excluding diaryl/α,β-unsaturated/α-hetero) is 1. The van der Waals surface area contributed by atoms with Gasteiger partial charge in [-0.15, -0.1) is 0 Å². The number of cyclic esters (lactones) is 1. The van der Waals surface area contributed by atoms with Gasteiger partial charge in [-0.25, -0.2) is 0 Å². The highest BCUT2D eigenvalue weighted by atomic mass is 35.5. The van der Waals surface area contributed by atoms with Crippen LogP contribution >= 0.6 is 11.6 Å². The molecule has 1 heterocycles. The molecule has 0 aliphatic carbocycles. The maximum Gasteiger partial charge on any atom is 0.320 e. The SMILES string of the molecule is CC(=O)[C@]1([C@H](C[N+](=O)[O-])c2ccc(Cl)cc2)CCOC1=O. The molecule has 0 spiro atoms. The summed E-state index contributed by atoms with van der Waals surface area (Å²) in [7, 11) is 0. The first-order valence-corrected chi connectivity index (χ1v) is 6.81. The van der Waals surface area contributed by atoms with Crippen molar-refractivity contribution in [3.8, 4) is 0 Å². The van der Waals surface area contributed by atoms with E-state index in [0.29, 0.717) is 10.6 Å². The Kier molecular flexibility index (Phi) is 4.27. The second-order valence-corrected chi connectivity index (χ2v) is 5.47. The molecule has 112 valence electrons. The summed E-state index contributed by atoms with van der Waals surface area (Å²) in [5.41, 5.74) is -0.953. The first-order valence-electron chi connectivity index (χ1n) is 6.43. The van der Waals surface area contributed by atoms with Crippen LogP contribution in [0, 0.1) is 15.5 Å². The molecular formula is C14H14ClNO5. The highest BCUT2D eigenvalue weighted by molar-refractivity contribution is 6.30. The number of ketones is 1. The van der Waals surface area contributed by atoms with E-state index in [-0.39, 0.29) is 13.0 Å². The van der Waals surface area contributed by atoms with Crippen molar-refractivity contribution in [2.75, 3.05) is 13.2 Å². The molecule has 6 nitrogen and oxygen atoms in total. The van der Waals surface area contributed by atoms with E-state index in [4.69, 9.17) is 16.3 Å². The third kappa shape index (κ3) is 2.76. The van der Waals surface area contributed by atoms with Crippen LogP contribution < -0.4 is 0 Å². The lowest BCUT2D eigenvalue weighted by Crippen LogP contribution is -2.43. The van der Waals surface area contributed by atoms with E-state index in [1.54, 1.807) is 24.3 Å². The molecule has 1 aliphatic rings. The first kappa shape index (κ1) is 15.4. The van der Waals surface area contributed by atoms with Crippen LogP contribution in [0.5, 0.6) is 0 Å². The first-order chi connectivity index (χ1) is 9.87. The Balaban J connectivity index is 2.52. The molecule has 0 amide bonds. The minimum Gasteiger partial charge on any atom is -0.465 e. The molecule has 0 unspecified atom stereocenters. The molecule has 0 saturated carbocycles. The highest BCUT2D eigenvalue weighted by Gasteiger charge is 2.56. The number of halogens is 1. The Hall–Kier alpha value is -1.95. The van der Waals surface area contributed by atoms with Crippen LogP contribution in [0.15, 0.2) is 24.3 Å². The third-order valence-corrected chi connectivity index (χ3v) is 4.17. The van der Waals surface area contributed by atoms with Gasteiger partial charge in [0.05, 0.1) is 12.5 Å². The highest BCUT2D eigenvalue weighted by Crippen LogP contribution is 2.44. The number of nitrogens with zero attached hydrogens (tertiary/aromatic N) is 1. The van der Waals surface area contributed by atoms with Crippen LogP contribution in [-0.4, -0.2) is 29.8 Å². The lowest BCUT2D eigenvalue weighted by molar-refractivity contribution is -0.485. The fraction of sp³-hybridized carbons (Fsp3) is 0.429. The fourth-order valence-electron chi connectivity index (χ4n) is 2.81. The van der Waals surface area contributed by atoms with Gasteiger partial charge in [-0.1, -0.05) is 23.7 Å². The number of carbonyl (C=O) groups excluding carboxylic acids is 2. The second kappa shape index (κ2) is 5.81. The molecular weight excluding hydrogens is 298 g/mol. The Morgan fingerprint density at radius 1 is 1.48 bits per heavy atom. The Morgan fingerprint density at radius 2 is 2.10 bits per heavy atom. The number of hydrogen-bond donors (Lipinski definition) is 0. The molecule has 1 aromatic carbocycles. The van der Waals surface area contributed by atoms with Crippen LogP contribution in [0.25, 0.3) is 0 Å². The summed E-state index contributed by atoms with van der Waals surface area (Å²) in [5.74, 6) is -1.96. The number of carbonyl (C=O) groups is 2. The summed E-state index contributed by atoms with van der Waals surface area (Å²) >= 11 is 5.82. The van der Waals surface area contributed by atoms with Crippen molar-refractivity contribution in [2.45, 2.75) is 19.3 Å². The maximum atomic E-state index is 12.1. The van der Waals surface area contributed by atoms with Gasteiger partial charge < -0.3 is 4.74 Å². The van der Waals surface area contributed by atoms with Crippen LogP contribution in [0.3, 0.4) is 0 Å². The van der Waals surface area contributed by atoms with E-state index in [0.717, 1.165) is 0 Å². The zero-order valence-electron chi connectivity index (χ0n) is 11.4. The largest absolute Gasteiger partial charge is 0.465 e. The second-order valence-electron chi connectivity index (χ2n) is 5.03. The minimum atomic E-state index is -1.49. The zero-order valence-corrected chi connectivity index (χ0v) is 12.1. The molecule has 2 atom stereocenters. The fourth-order valence-corrected chi connectivity index (χ4v) is 2.93. The molecule has 1 aliphatic heterocycles. The van der Waals surface area contributed by atoms with E-state index in [2.05, 4.69) is 0 Å². The summed E-state index contributed by atoms with van der Waals surface area (Å²) in [6.45, 7) is 0.853. The van der Waals surface area contributed by atoms with Gasteiger partial charge >= 0.3 is 5.97 Å². The quantitative estimate of drug-likeness (QED) is 0.360. The molecule has 1 aromatic rings. The molecule has 0 aromatic heterocycles. The lowest BCUT2D eigenvalue weighted by atomic mass is 9.68. The van der Waals surface area contributed by atoms with Crippen molar-refractivity contribution >= 4 is 23.4 Å². The Labute approximate surface area is 126 Å². The minimum absolute atomic E-state index is 0.0974. The molecule has 1 saturated heterocycles. The van der Waals surface area contributed by atoms with Gasteiger partial charge in [-0.05, 0) is 24.6 Å².